The molecule has 3 amide bonds. The summed E-state index contributed by atoms with van der Waals surface area (Å²) in [6.45, 7) is 14.8. The number of nitrogens with zero attached hydrogens (tertiary/aromatic N) is 3. The van der Waals surface area contributed by atoms with E-state index in [1.807, 2.05) is 37.8 Å². The molecular weight excluding hydrogens is 456 g/mol. The fraction of sp³-hybridized carbons (Fsp3) is 0.679. The van der Waals surface area contributed by atoms with Gasteiger partial charge in [0.15, 0.2) is 0 Å². The lowest BCUT2D eigenvalue weighted by Crippen LogP contribution is -2.49. The summed E-state index contributed by atoms with van der Waals surface area (Å²) in [5, 5.41) is 2.45. The number of piperazine rings is 1. The van der Waals surface area contributed by atoms with Gasteiger partial charge < -0.3 is 14.5 Å². The Morgan fingerprint density at radius 2 is 1.64 bits per heavy atom. The van der Waals surface area contributed by atoms with Gasteiger partial charge in [0.1, 0.15) is 5.60 Å². The van der Waals surface area contributed by atoms with Gasteiger partial charge in [0.05, 0.1) is 5.92 Å². The number of nitrogens with one attached hydrogen (secondary N) is 1. The van der Waals surface area contributed by atoms with Crippen LogP contribution in [0.2, 0.25) is 0 Å². The Labute approximate surface area is 215 Å². The summed E-state index contributed by atoms with van der Waals surface area (Å²) in [6, 6.07) is 8.28. The molecule has 0 aromatic heterocycles. The number of carbonyl (C=O) groups is 3. The van der Waals surface area contributed by atoms with Gasteiger partial charge in [-0.15, -0.1) is 0 Å². The van der Waals surface area contributed by atoms with Gasteiger partial charge in [-0.05, 0) is 69.6 Å². The molecule has 0 aliphatic carbocycles. The number of amides is 3. The first-order valence-corrected chi connectivity index (χ1v) is 13.5. The first-order chi connectivity index (χ1) is 17.1. The third-order valence-electron chi connectivity index (χ3n) is 7.81. The van der Waals surface area contributed by atoms with Crippen molar-refractivity contribution >= 4 is 23.6 Å². The van der Waals surface area contributed by atoms with E-state index in [-0.39, 0.29) is 23.8 Å². The second kappa shape index (κ2) is 11.2. The van der Waals surface area contributed by atoms with Crippen LogP contribution >= 0.6 is 0 Å². The summed E-state index contributed by atoms with van der Waals surface area (Å²) in [7, 11) is 0. The van der Waals surface area contributed by atoms with E-state index in [1.165, 1.54) is 5.69 Å². The average molecular weight is 499 g/mol. The number of carbonyl (C=O) groups excluding carboxylic acids is 3. The molecule has 198 valence electrons. The summed E-state index contributed by atoms with van der Waals surface area (Å²) in [5.74, 6) is 0.654. The van der Waals surface area contributed by atoms with Crippen molar-refractivity contribution in [3.8, 4) is 0 Å². The second-order valence-corrected chi connectivity index (χ2v) is 11.7. The fourth-order valence-electron chi connectivity index (χ4n) is 5.65. The maximum atomic E-state index is 12.3. The zero-order chi connectivity index (χ0) is 25.9. The minimum atomic E-state index is -0.445. The van der Waals surface area contributed by atoms with E-state index in [0.29, 0.717) is 24.7 Å². The first kappa shape index (κ1) is 26.5. The highest BCUT2D eigenvalue weighted by Gasteiger charge is 2.31. The highest BCUT2D eigenvalue weighted by molar-refractivity contribution is 6.00. The van der Waals surface area contributed by atoms with Crippen LogP contribution in [0, 0.1) is 11.8 Å². The van der Waals surface area contributed by atoms with E-state index in [2.05, 4.69) is 34.2 Å². The van der Waals surface area contributed by atoms with Crippen LogP contribution < -0.4 is 10.2 Å². The van der Waals surface area contributed by atoms with Crippen molar-refractivity contribution in [2.24, 2.45) is 11.8 Å². The van der Waals surface area contributed by atoms with Gasteiger partial charge in [0, 0.05) is 57.9 Å². The zero-order valence-corrected chi connectivity index (χ0v) is 22.3. The van der Waals surface area contributed by atoms with Crippen LogP contribution in [0.15, 0.2) is 24.3 Å². The normalized spacial score (nSPS) is 23.4. The molecule has 0 bridgehead atoms. The molecule has 36 heavy (non-hydrogen) atoms. The van der Waals surface area contributed by atoms with Gasteiger partial charge in [-0.1, -0.05) is 19.1 Å². The molecule has 0 radical (unpaired) electrons. The molecule has 3 aliphatic rings. The quantitative estimate of drug-likeness (QED) is 0.625. The molecule has 2 atom stereocenters. The van der Waals surface area contributed by atoms with E-state index in [0.717, 1.165) is 64.2 Å². The lowest BCUT2D eigenvalue weighted by molar-refractivity contribution is -0.134. The van der Waals surface area contributed by atoms with Crippen LogP contribution in [0.25, 0.3) is 0 Å². The van der Waals surface area contributed by atoms with Crippen molar-refractivity contribution in [2.45, 2.75) is 64.9 Å². The van der Waals surface area contributed by atoms with E-state index < -0.39 is 5.60 Å². The predicted molar refractivity (Wildman–Crippen MR) is 140 cm³/mol. The Morgan fingerprint density at radius 1 is 1.00 bits per heavy atom. The molecule has 0 spiro atoms. The minimum Gasteiger partial charge on any atom is -0.444 e. The Hall–Kier alpha value is -2.61. The molecule has 3 aliphatic heterocycles. The van der Waals surface area contributed by atoms with E-state index in [9.17, 15) is 14.4 Å². The maximum absolute atomic E-state index is 12.3. The highest BCUT2D eigenvalue weighted by Crippen LogP contribution is 2.29. The molecule has 0 saturated carbocycles. The topological polar surface area (TPSA) is 82.2 Å². The summed E-state index contributed by atoms with van der Waals surface area (Å²) in [4.78, 5) is 42.7. The van der Waals surface area contributed by atoms with Gasteiger partial charge in [-0.2, -0.15) is 0 Å². The van der Waals surface area contributed by atoms with Crippen LogP contribution in [0.5, 0.6) is 0 Å². The fourth-order valence-corrected chi connectivity index (χ4v) is 5.65. The largest absolute Gasteiger partial charge is 0.444 e. The molecule has 8 heteroatoms. The number of piperidine rings is 2. The molecule has 3 fully saturated rings. The molecule has 1 N–H and O–H groups in total. The second-order valence-electron chi connectivity index (χ2n) is 11.7. The Morgan fingerprint density at radius 3 is 2.22 bits per heavy atom. The van der Waals surface area contributed by atoms with Gasteiger partial charge in [0.25, 0.3) is 0 Å². The van der Waals surface area contributed by atoms with Crippen molar-refractivity contribution in [2.75, 3.05) is 50.7 Å². The Kier molecular flexibility index (Phi) is 8.23. The zero-order valence-electron chi connectivity index (χ0n) is 22.3. The van der Waals surface area contributed by atoms with Crippen molar-refractivity contribution < 1.29 is 19.1 Å². The standard InChI is InChI=1S/C28H42N4O4/c1-20(21-11-13-32(14-12-21)27(35)36-28(2,3)4)19-30-15-17-31(18-16-30)23-7-5-22(6-8-23)24-9-10-25(33)29-26(24)34/h5-8,20-21,24H,9-19H2,1-4H3,(H,29,33,34). The molecule has 2 unspecified atom stereocenters. The molecular formula is C28H42N4O4. The van der Waals surface area contributed by atoms with E-state index in [4.69, 9.17) is 4.74 Å². The van der Waals surface area contributed by atoms with Crippen LogP contribution in [-0.2, 0) is 14.3 Å². The van der Waals surface area contributed by atoms with Gasteiger partial charge in [-0.3, -0.25) is 19.8 Å². The van der Waals surface area contributed by atoms with Gasteiger partial charge in [-0.25, -0.2) is 4.79 Å². The molecule has 3 saturated heterocycles. The molecule has 3 heterocycles. The molecule has 1 aromatic rings. The number of likely N-dealkylation sites (tertiary alicyclic amines) is 1. The van der Waals surface area contributed by atoms with Gasteiger partial charge in [0.2, 0.25) is 11.8 Å². The summed E-state index contributed by atoms with van der Waals surface area (Å²) in [5.41, 5.74) is 1.72. The van der Waals surface area contributed by atoms with Crippen molar-refractivity contribution in [3.63, 3.8) is 0 Å². The van der Waals surface area contributed by atoms with Crippen LogP contribution in [-0.4, -0.2) is 79.1 Å². The summed E-state index contributed by atoms with van der Waals surface area (Å²) < 4.78 is 5.53. The predicted octanol–water partition coefficient (Wildman–Crippen LogP) is 3.61. The van der Waals surface area contributed by atoms with Crippen LogP contribution in [0.4, 0.5) is 10.5 Å². The number of imide groups is 1. The van der Waals surface area contributed by atoms with E-state index in [1.54, 1.807) is 0 Å². The smallest absolute Gasteiger partial charge is 0.410 e. The summed E-state index contributed by atoms with van der Waals surface area (Å²) in [6.07, 6.45) is 2.89. The third kappa shape index (κ3) is 6.78. The van der Waals surface area contributed by atoms with Gasteiger partial charge >= 0.3 is 6.09 Å². The van der Waals surface area contributed by atoms with Crippen LogP contribution in [0.3, 0.4) is 0 Å². The Bertz CT molecular complexity index is 926. The number of anilines is 1. The summed E-state index contributed by atoms with van der Waals surface area (Å²) >= 11 is 0. The monoisotopic (exact) mass is 498 g/mol. The lowest BCUT2D eigenvalue weighted by Gasteiger charge is -2.40. The number of hydrogen-bond donors (Lipinski definition) is 1. The maximum Gasteiger partial charge on any atom is 0.410 e. The molecule has 8 nitrogen and oxygen atoms in total. The SMILES string of the molecule is CC(CN1CCN(c2ccc(C3CCC(=O)NC3=O)cc2)CC1)C1CCN(C(=O)OC(C)(C)C)CC1. The number of ether oxygens (including phenoxy) is 1. The highest BCUT2D eigenvalue weighted by atomic mass is 16.6. The molecule has 1 aromatic carbocycles. The lowest BCUT2D eigenvalue weighted by atomic mass is 9.85. The Balaban J connectivity index is 1.20. The van der Waals surface area contributed by atoms with Crippen LogP contribution in [0.1, 0.15) is 64.9 Å². The van der Waals surface area contributed by atoms with E-state index >= 15 is 0 Å². The van der Waals surface area contributed by atoms with Crippen molar-refractivity contribution in [1.82, 2.24) is 15.1 Å². The van der Waals surface area contributed by atoms with Crippen molar-refractivity contribution in [3.05, 3.63) is 29.8 Å². The van der Waals surface area contributed by atoms with Crippen molar-refractivity contribution in [1.29, 1.82) is 0 Å². The molecule has 4 rings (SSSR count). The first-order valence-electron chi connectivity index (χ1n) is 13.5. The third-order valence-corrected chi connectivity index (χ3v) is 7.81. The number of benzene rings is 1. The minimum absolute atomic E-state index is 0.175. The number of hydrogen-bond acceptors (Lipinski definition) is 6. The number of rotatable bonds is 5. The average Bonchev–Trinajstić information content (AvgIpc) is 2.84.